The Kier molecular flexibility index (Phi) is 8.39. The van der Waals surface area contributed by atoms with Crippen molar-refractivity contribution in [2.45, 2.75) is 31.3 Å². The normalized spacial score (nSPS) is 11.2. The maximum Gasteiger partial charge on any atom is 0.339 e. The summed E-state index contributed by atoms with van der Waals surface area (Å²) >= 11 is 3.20. The van der Waals surface area contributed by atoms with Crippen LogP contribution in [-0.4, -0.2) is 40.1 Å². The summed E-state index contributed by atoms with van der Waals surface area (Å²) in [5.41, 5.74) is 0.775. The molecule has 2 N–H and O–H groups in total. The highest BCUT2D eigenvalue weighted by atomic mass is 79.9. The van der Waals surface area contributed by atoms with Crippen molar-refractivity contribution < 1.29 is 27.5 Å². The van der Waals surface area contributed by atoms with Crippen LogP contribution in [0.1, 0.15) is 29.8 Å². The molecule has 0 aromatic heterocycles. The van der Waals surface area contributed by atoms with Gasteiger partial charge in [0.1, 0.15) is 5.75 Å². The van der Waals surface area contributed by atoms with Gasteiger partial charge < -0.3 is 14.8 Å². The molecular formula is C20H23BrN2O6S. The highest BCUT2D eigenvalue weighted by Gasteiger charge is 2.20. The number of nitrogens with one attached hydrogen (secondary N) is 2. The van der Waals surface area contributed by atoms with E-state index in [0.29, 0.717) is 10.2 Å². The molecule has 2 aromatic carbocycles. The summed E-state index contributed by atoms with van der Waals surface area (Å²) < 4.78 is 37.7. The number of amides is 1. The maximum atomic E-state index is 12.4. The first-order valence-corrected chi connectivity index (χ1v) is 11.3. The summed E-state index contributed by atoms with van der Waals surface area (Å²) in [6.45, 7) is 3.07. The largest absolute Gasteiger partial charge is 0.496 e. The number of hydrogen-bond acceptors (Lipinski definition) is 6. The fraction of sp³-hybridized carbons (Fsp3) is 0.300. The van der Waals surface area contributed by atoms with Crippen LogP contribution in [0.15, 0.2) is 51.8 Å². The van der Waals surface area contributed by atoms with Gasteiger partial charge in [-0.1, -0.05) is 18.2 Å². The predicted octanol–water partition coefficient (Wildman–Crippen LogP) is 2.62. The molecule has 0 saturated carbocycles. The van der Waals surface area contributed by atoms with Crippen LogP contribution in [0.3, 0.4) is 0 Å². The van der Waals surface area contributed by atoms with Crippen molar-refractivity contribution in [1.82, 2.24) is 10.0 Å². The van der Waals surface area contributed by atoms with Gasteiger partial charge in [-0.3, -0.25) is 4.79 Å². The Labute approximate surface area is 184 Å². The Balaban J connectivity index is 2.00. The van der Waals surface area contributed by atoms with Gasteiger partial charge in [0.05, 0.1) is 17.6 Å². The highest BCUT2D eigenvalue weighted by molar-refractivity contribution is 9.10. The van der Waals surface area contributed by atoms with Gasteiger partial charge in [-0.2, -0.15) is 0 Å². The fourth-order valence-electron chi connectivity index (χ4n) is 2.51. The summed E-state index contributed by atoms with van der Waals surface area (Å²) in [4.78, 5) is 24.3. The summed E-state index contributed by atoms with van der Waals surface area (Å²) in [7, 11) is -2.25. The Morgan fingerprint density at radius 1 is 1.13 bits per heavy atom. The van der Waals surface area contributed by atoms with E-state index < -0.39 is 28.5 Å². The Morgan fingerprint density at radius 3 is 2.50 bits per heavy atom. The first-order valence-electron chi connectivity index (χ1n) is 9.01. The van der Waals surface area contributed by atoms with Gasteiger partial charge in [0.2, 0.25) is 10.0 Å². The number of sulfonamides is 1. The van der Waals surface area contributed by atoms with Crippen molar-refractivity contribution in [3.8, 4) is 5.75 Å². The van der Waals surface area contributed by atoms with Crippen LogP contribution in [0.2, 0.25) is 0 Å². The molecule has 0 unspecified atom stereocenters. The summed E-state index contributed by atoms with van der Waals surface area (Å²) in [6.07, 6.45) is 0. The van der Waals surface area contributed by atoms with E-state index in [1.165, 1.54) is 25.3 Å². The molecule has 2 aromatic rings. The zero-order valence-corrected chi connectivity index (χ0v) is 19.2. The summed E-state index contributed by atoms with van der Waals surface area (Å²) in [5, 5.41) is 2.64. The zero-order chi connectivity index (χ0) is 22.3. The second-order valence-corrected chi connectivity index (χ2v) is 9.15. The second kappa shape index (κ2) is 10.6. The molecule has 2 rings (SSSR count). The SMILES string of the molecule is COc1ccccc1CNC(=O)COC(=O)c1cc(S(=O)(=O)NC(C)C)ccc1Br. The van der Waals surface area contributed by atoms with Crippen LogP contribution < -0.4 is 14.8 Å². The molecule has 162 valence electrons. The van der Waals surface area contributed by atoms with E-state index in [-0.39, 0.29) is 23.0 Å². The lowest BCUT2D eigenvalue weighted by molar-refractivity contribution is -0.124. The molecule has 8 nitrogen and oxygen atoms in total. The molecule has 1 amide bonds. The van der Waals surface area contributed by atoms with Crippen LogP contribution in [0, 0.1) is 0 Å². The molecule has 0 atom stereocenters. The lowest BCUT2D eigenvalue weighted by Gasteiger charge is -2.12. The highest BCUT2D eigenvalue weighted by Crippen LogP contribution is 2.22. The second-order valence-electron chi connectivity index (χ2n) is 6.58. The van der Waals surface area contributed by atoms with E-state index in [9.17, 15) is 18.0 Å². The van der Waals surface area contributed by atoms with E-state index in [1.54, 1.807) is 26.0 Å². The number of benzene rings is 2. The van der Waals surface area contributed by atoms with Crippen LogP contribution >= 0.6 is 15.9 Å². The third-order valence-corrected chi connectivity index (χ3v) is 6.21. The molecule has 0 saturated heterocycles. The number of hydrogen-bond donors (Lipinski definition) is 2. The standard InChI is InChI=1S/C20H23BrN2O6S/c1-13(2)23-30(26,27)15-8-9-17(21)16(10-15)20(25)29-12-19(24)22-11-14-6-4-5-7-18(14)28-3/h4-10,13,23H,11-12H2,1-3H3,(H,22,24). The number of carbonyl (C=O) groups is 2. The quantitative estimate of drug-likeness (QED) is 0.514. The minimum atomic E-state index is -3.78. The van der Waals surface area contributed by atoms with Crippen molar-refractivity contribution in [1.29, 1.82) is 0 Å². The topological polar surface area (TPSA) is 111 Å². The van der Waals surface area contributed by atoms with Crippen LogP contribution in [-0.2, 0) is 26.1 Å². The average molecular weight is 499 g/mol. The van der Waals surface area contributed by atoms with Gasteiger partial charge in [-0.05, 0) is 54.0 Å². The number of rotatable bonds is 9. The molecule has 0 spiro atoms. The monoisotopic (exact) mass is 498 g/mol. The molecule has 30 heavy (non-hydrogen) atoms. The van der Waals surface area contributed by atoms with Crippen LogP contribution in [0.25, 0.3) is 0 Å². The van der Waals surface area contributed by atoms with E-state index in [0.717, 1.165) is 5.56 Å². The number of ether oxygens (including phenoxy) is 2. The van der Waals surface area contributed by atoms with E-state index in [1.807, 2.05) is 12.1 Å². The molecule has 0 aliphatic heterocycles. The Bertz CT molecular complexity index is 1020. The Hall–Kier alpha value is -2.43. The third kappa shape index (κ3) is 6.54. The lowest BCUT2D eigenvalue weighted by atomic mass is 10.2. The van der Waals surface area contributed by atoms with Gasteiger partial charge in [-0.15, -0.1) is 0 Å². The molecule has 0 fully saturated rings. The number of halogens is 1. The average Bonchev–Trinajstić information content (AvgIpc) is 2.69. The first kappa shape index (κ1) is 23.8. The van der Waals surface area contributed by atoms with Crippen molar-refractivity contribution >= 4 is 37.8 Å². The molecule has 0 bridgehead atoms. The van der Waals surface area contributed by atoms with Gasteiger partial charge in [-0.25, -0.2) is 17.9 Å². The van der Waals surface area contributed by atoms with Crippen molar-refractivity contribution in [2.24, 2.45) is 0 Å². The minimum Gasteiger partial charge on any atom is -0.496 e. The van der Waals surface area contributed by atoms with Crippen molar-refractivity contribution in [3.63, 3.8) is 0 Å². The number of carbonyl (C=O) groups excluding carboxylic acids is 2. The summed E-state index contributed by atoms with van der Waals surface area (Å²) in [6, 6.07) is 10.9. The first-order chi connectivity index (χ1) is 14.1. The predicted molar refractivity (Wildman–Crippen MR) is 115 cm³/mol. The fourth-order valence-corrected chi connectivity index (χ4v) is 4.19. The van der Waals surface area contributed by atoms with Gasteiger partial charge >= 0.3 is 5.97 Å². The third-order valence-electron chi connectivity index (χ3n) is 3.86. The molecule has 0 aliphatic carbocycles. The lowest BCUT2D eigenvalue weighted by Crippen LogP contribution is -2.30. The molecule has 0 heterocycles. The number of esters is 1. The van der Waals surface area contributed by atoms with Gasteiger partial charge in [0, 0.05) is 22.6 Å². The molecule has 0 aliphatic rings. The van der Waals surface area contributed by atoms with Crippen LogP contribution in [0.5, 0.6) is 5.75 Å². The maximum absolute atomic E-state index is 12.4. The number of para-hydroxylation sites is 1. The number of methoxy groups -OCH3 is 1. The molecular weight excluding hydrogens is 476 g/mol. The van der Waals surface area contributed by atoms with E-state index in [2.05, 4.69) is 26.0 Å². The van der Waals surface area contributed by atoms with Crippen LogP contribution in [0.4, 0.5) is 0 Å². The van der Waals surface area contributed by atoms with Crippen molar-refractivity contribution in [2.75, 3.05) is 13.7 Å². The van der Waals surface area contributed by atoms with E-state index >= 15 is 0 Å². The molecule has 10 heteroatoms. The zero-order valence-electron chi connectivity index (χ0n) is 16.8. The van der Waals surface area contributed by atoms with Gasteiger partial charge in [0.25, 0.3) is 5.91 Å². The van der Waals surface area contributed by atoms with Gasteiger partial charge in [0.15, 0.2) is 6.61 Å². The summed E-state index contributed by atoms with van der Waals surface area (Å²) in [5.74, 6) is -0.696. The molecule has 0 radical (unpaired) electrons. The smallest absolute Gasteiger partial charge is 0.339 e. The van der Waals surface area contributed by atoms with E-state index in [4.69, 9.17) is 9.47 Å². The minimum absolute atomic E-state index is 0.000778. The van der Waals surface area contributed by atoms with Crippen molar-refractivity contribution in [3.05, 3.63) is 58.1 Å². The Morgan fingerprint density at radius 2 is 1.83 bits per heavy atom.